The van der Waals surface area contributed by atoms with Gasteiger partial charge in [0.2, 0.25) is 10.0 Å². The summed E-state index contributed by atoms with van der Waals surface area (Å²) >= 11 is 0. The van der Waals surface area contributed by atoms with Crippen molar-refractivity contribution in [3.63, 3.8) is 0 Å². The number of aliphatic hydroxyl groups excluding tert-OH is 2. The zero-order chi connectivity index (χ0) is 24.2. The van der Waals surface area contributed by atoms with Gasteiger partial charge in [-0.3, -0.25) is 9.48 Å². The molecule has 0 radical (unpaired) electrons. The minimum absolute atomic E-state index is 0.0677. The first-order valence-corrected chi connectivity index (χ1v) is 12.1. The zero-order valence-corrected chi connectivity index (χ0v) is 19.6. The highest BCUT2D eigenvalue weighted by Crippen LogP contribution is 2.31. The summed E-state index contributed by atoms with van der Waals surface area (Å²) in [5.41, 5.74) is 1.38. The van der Waals surface area contributed by atoms with Gasteiger partial charge in [0.1, 0.15) is 17.1 Å². The number of aliphatic hydroxyl groups is 2. The number of methoxy groups -OCH3 is 1. The molecule has 33 heavy (non-hydrogen) atoms. The summed E-state index contributed by atoms with van der Waals surface area (Å²) in [6.45, 7) is 1.55. The molecule has 0 spiro atoms. The number of rotatable bonds is 11. The Morgan fingerprint density at radius 3 is 2.55 bits per heavy atom. The van der Waals surface area contributed by atoms with Crippen LogP contribution in [0.2, 0.25) is 0 Å². The number of hydrogen-bond acceptors (Lipinski definition) is 8. The third kappa shape index (κ3) is 5.24. The van der Waals surface area contributed by atoms with Crippen molar-refractivity contribution in [2.45, 2.75) is 43.5 Å². The van der Waals surface area contributed by atoms with Crippen molar-refractivity contribution >= 4 is 21.1 Å². The van der Waals surface area contributed by atoms with Crippen LogP contribution in [0, 0.1) is 0 Å². The standard InChI is InChI=1S/C21H29N5O6S/c1-4-5-16-18-19(26(2)24-16)21(29)23-20(22-18)15-12-14(6-7-17(15)32-3)33(30,31)25-13(8-10-27)9-11-28/h6-7,12-13,25,27-28H,4-5,8-11H2,1-3H3,(H,22,23,29). The smallest absolute Gasteiger partial charge is 0.277 e. The largest absolute Gasteiger partial charge is 0.496 e. The van der Waals surface area contributed by atoms with Crippen LogP contribution in [0.1, 0.15) is 31.9 Å². The van der Waals surface area contributed by atoms with Crippen molar-refractivity contribution in [3.05, 3.63) is 34.2 Å². The first kappa shape index (κ1) is 24.8. The predicted molar refractivity (Wildman–Crippen MR) is 123 cm³/mol. The highest BCUT2D eigenvalue weighted by molar-refractivity contribution is 7.89. The Morgan fingerprint density at radius 2 is 1.94 bits per heavy atom. The summed E-state index contributed by atoms with van der Waals surface area (Å²) < 4.78 is 35.3. The second kappa shape index (κ2) is 10.4. The lowest BCUT2D eigenvalue weighted by atomic mass is 10.1. The predicted octanol–water partition coefficient (Wildman–Crippen LogP) is 0.696. The Bertz CT molecular complexity index is 1280. The van der Waals surface area contributed by atoms with E-state index in [1.165, 1.54) is 30.0 Å². The zero-order valence-electron chi connectivity index (χ0n) is 18.8. The molecule has 3 rings (SSSR count). The second-order valence-electron chi connectivity index (χ2n) is 7.64. The maximum Gasteiger partial charge on any atom is 0.277 e. The SMILES string of the molecule is CCCc1nn(C)c2c(=O)[nH]c(-c3cc(S(=O)(=O)NC(CCO)CCO)ccc3OC)nc12. The van der Waals surface area contributed by atoms with Gasteiger partial charge in [0.15, 0.2) is 5.52 Å². The number of fused-ring (bicyclic) bond motifs is 1. The monoisotopic (exact) mass is 479 g/mol. The third-order valence-corrected chi connectivity index (χ3v) is 6.78. The summed E-state index contributed by atoms with van der Waals surface area (Å²) in [5.74, 6) is 0.494. The minimum atomic E-state index is -3.99. The molecule has 2 aromatic heterocycles. The fourth-order valence-corrected chi connectivity index (χ4v) is 5.01. The number of H-pyrrole nitrogens is 1. The van der Waals surface area contributed by atoms with Crippen LogP contribution < -0.4 is 15.0 Å². The first-order chi connectivity index (χ1) is 15.7. The van der Waals surface area contributed by atoms with E-state index in [0.717, 1.165) is 6.42 Å². The van der Waals surface area contributed by atoms with E-state index >= 15 is 0 Å². The van der Waals surface area contributed by atoms with Crippen molar-refractivity contribution < 1.29 is 23.4 Å². The Labute approximate surface area is 191 Å². The number of hydrogen-bond donors (Lipinski definition) is 4. The number of aromatic amines is 1. The van der Waals surface area contributed by atoms with Gasteiger partial charge in [-0.15, -0.1) is 0 Å². The van der Waals surface area contributed by atoms with Gasteiger partial charge in [0, 0.05) is 26.3 Å². The fraction of sp³-hybridized carbons (Fsp3) is 0.476. The Morgan fingerprint density at radius 1 is 1.24 bits per heavy atom. The molecule has 0 atom stereocenters. The molecule has 4 N–H and O–H groups in total. The molecule has 1 aromatic carbocycles. The van der Waals surface area contributed by atoms with Gasteiger partial charge in [-0.2, -0.15) is 5.10 Å². The first-order valence-electron chi connectivity index (χ1n) is 10.6. The molecular formula is C21H29N5O6S. The number of benzene rings is 1. The van der Waals surface area contributed by atoms with E-state index in [1.807, 2.05) is 6.92 Å². The molecule has 0 fully saturated rings. The molecule has 0 unspecified atom stereocenters. The number of ether oxygens (including phenoxy) is 1. The highest BCUT2D eigenvalue weighted by Gasteiger charge is 2.23. The summed E-state index contributed by atoms with van der Waals surface area (Å²) in [6.07, 6.45) is 1.78. The molecule has 0 aliphatic heterocycles. The number of aryl methyl sites for hydroxylation is 2. The Hall–Kier alpha value is -2.80. The lowest BCUT2D eigenvalue weighted by Gasteiger charge is -2.17. The lowest BCUT2D eigenvalue weighted by Crippen LogP contribution is -2.36. The van der Waals surface area contributed by atoms with Crippen LogP contribution in [0.5, 0.6) is 5.75 Å². The van der Waals surface area contributed by atoms with E-state index in [2.05, 4.69) is 19.8 Å². The van der Waals surface area contributed by atoms with Crippen molar-refractivity contribution in [2.24, 2.45) is 7.05 Å². The van der Waals surface area contributed by atoms with Gasteiger partial charge in [0.05, 0.1) is 23.3 Å². The molecule has 0 aliphatic rings. The van der Waals surface area contributed by atoms with Crippen LogP contribution in [-0.4, -0.2) is 64.7 Å². The summed E-state index contributed by atoms with van der Waals surface area (Å²) in [5, 5.41) is 22.8. The molecule has 0 bridgehead atoms. The molecular weight excluding hydrogens is 450 g/mol. The van der Waals surface area contributed by atoms with Crippen molar-refractivity contribution in [2.75, 3.05) is 20.3 Å². The maximum absolute atomic E-state index is 13.0. The van der Waals surface area contributed by atoms with Crippen molar-refractivity contribution in [3.8, 4) is 17.1 Å². The van der Waals surface area contributed by atoms with Crippen LogP contribution in [0.25, 0.3) is 22.4 Å². The van der Waals surface area contributed by atoms with Crippen LogP contribution in [-0.2, 0) is 23.5 Å². The minimum Gasteiger partial charge on any atom is -0.496 e. The molecule has 0 amide bonds. The summed E-state index contributed by atoms with van der Waals surface area (Å²) in [4.78, 5) is 20.0. The molecule has 0 saturated heterocycles. The van der Waals surface area contributed by atoms with Gasteiger partial charge >= 0.3 is 0 Å². The molecule has 0 saturated carbocycles. The van der Waals surface area contributed by atoms with E-state index in [1.54, 1.807) is 7.05 Å². The molecule has 0 aliphatic carbocycles. The number of sulfonamides is 1. The average molecular weight is 480 g/mol. The van der Waals surface area contributed by atoms with E-state index in [9.17, 15) is 23.4 Å². The molecule has 2 heterocycles. The van der Waals surface area contributed by atoms with Crippen molar-refractivity contribution in [1.82, 2.24) is 24.5 Å². The number of nitrogens with one attached hydrogen (secondary N) is 2. The van der Waals surface area contributed by atoms with Gasteiger partial charge in [-0.25, -0.2) is 18.1 Å². The topological polar surface area (TPSA) is 159 Å². The Balaban J connectivity index is 2.12. The van der Waals surface area contributed by atoms with Crippen LogP contribution in [0.3, 0.4) is 0 Å². The van der Waals surface area contributed by atoms with E-state index in [-0.39, 0.29) is 36.8 Å². The third-order valence-electron chi connectivity index (χ3n) is 5.26. The summed E-state index contributed by atoms with van der Waals surface area (Å²) in [7, 11) is -0.878. The van der Waals surface area contributed by atoms with Crippen LogP contribution in [0.4, 0.5) is 0 Å². The number of aromatic nitrogens is 4. The summed E-state index contributed by atoms with van der Waals surface area (Å²) in [6, 6.07) is 3.60. The number of nitrogens with zero attached hydrogens (tertiary/aromatic N) is 3. The molecule has 12 heteroatoms. The fourth-order valence-electron chi connectivity index (χ4n) is 3.68. The van der Waals surface area contributed by atoms with Gasteiger partial charge in [0.25, 0.3) is 5.56 Å². The molecule has 180 valence electrons. The van der Waals surface area contributed by atoms with Gasteiger partial charge in [-0.1, -0.05) is 13.3 Å². The Kier molecular flexibility index (Phi) is 7.84. The van der Waals surface area contributed by atoms with E-state index in [0.29, 0.717) is 34.5 Å². The van der Waals surface area contributed by atoms with Gasteiger partial charge in [-0.05, 0) is 37.5 Å². The normalized spacial score (nSPS) is 12.1. The van der Waals surface area contributed by atoms with E-state index < -0.39 is 21.6 Å². The average Bonchev–Trinajstić information content (AvgIpc) is 3.09. The van der Waals surface area contributed by atoms with Crippen LogP contribution in [0.15, 0.2) is 27.9 Å². The second-order valence-corrected chi connectivity index (χ2v) is 9.35. The van der Waals surface area contributed by atoms with Crippen LogP contribution >= 0.6 is 0 Å². The molecule has 3 aromatic rings. The van der Waals surface area contributed by atoms with Crippen molar-refractivity contribution in [1.29, 1.82) is 0 Å². The highest BCUT2D eigenvalue weighted by atomic mass is 32.2. The van der Waals surface area contributed by atoms with E-state index in [4.69, 9.17) is 4.74 Å². The quantitative estimate of drug-likeness (QED) is 0.313. The maximum atomic E-state index is 13.0. The lowest BCUT2D eigenvalue weighted by molar-refractivity contribution is 0.237. The molecule has 11 nitrogen and oxygen atoms in total. The van der Waals surface area contributed by atoms with Gasteiger partial charge < -0.3 is 19.9 Å².